The van der Waals surface area contributed by atoms with Crippen LogP contribution in [0.4, 0.5) is 0 Å². The molecule has 3 atom stereocenters. The molecule has 2 aliphatic rings. The number of carboxylic acids is 1. The first-order chi connectivity index (χ1) is 17.9. The predicted molar refractivity (Wildman–Crippen MR) is 132 cm³/mol. The number of aliphatic carboxylic acids is 1. The highest BCUT2D eigenvalue weighted by atomic mass is 16.7. The minimum Gasteiger partial charge on any atom is -0.497 e. The molecular formula is C28H27NO8. The van der Waals surface area contributed by atoms with Crippen LogP contribution in [-0.2, 0) is 16.1 Å². The Morgan fingerprint density at radius 3 is 2.27 bits per heavy atom. The molecule has 2 heterocycles. The van der Waals surface area contributed by atoms with Gasteiger partial charge in [-0.1, -0.05) is 24.3 Å². The zero-order chi connectivity index (χ0) is 26.1. The quantitative estimate of drug-likeness (QED) is 0.490. The van der Waals surface area contributed by atoms with Crippen molar-refractivity contribution in [1.29, 1.82) is 0 Å². The van der Waals surface area contributed by atoms with Crippen molar-refractivity contribution in [3.63, 3.8) is 0 Å². The fourth-order valence-electron chi connectivity index (χ4n) is 5.12. The van der Waals surface area contributed by atoms with E-state index in [0.29, 0.717) is 39.9 Å². The van der Waals surface area contributed by atoms with Crippen LogP contribution >= 0.6 is 0 Å². The summed E-state index contributed by atoms with van der Waals surface area (Å²) in [6.07, 6.45) is 0. The molecule has 2 aliphatic heterocycles. The lowest BCUT2D eigenvalue weighted by molar-refractivity contribution is -0.143. The van der Waals surface area contributed by atoms with Crippen molar-refractivity contribution in [3.05, 3.63) is 77.4 Å². The minimum atomic E-state index is -1.06. The van der Waals surface area contributed by atoms with Crippen molar-refractivity contribution in [3.8, 4) is 28.7 Å². The summed E-state index contributed by atoms with van der Waals surface area (Å²) in [5, 5.41) is 10.4. The Morgan fingerprint density at radius 2 is 1.59 bits per heavy atom. The summed E-state index contributed by atoms with van der Waals surface area (Å²) < 4.78 is 27.0. The topological polar surface area (TPSA) is 104 Å². The van der Waals surface area contributed by atoms with E-state index >= 15 is 0 Å². The lowest BCUT2D eigenvalue weighted by Crippen LogP contribution is -2.30. The van der Waals surface area contributed by atoms with Gasteiger partial charge in [0.15, 0.2) is 23.0 Å². The summed E-state index contributed by atoms with van der Waals surface area (Å²) in [6, 6.07) is 17.0. The molecule has 0 radical (unpaired) electrons. The van der Waals surface area contributed by atoms with E-state index in [1.807, 2.05) is 6.07 Å². The maximum absolute atomic E-state index is 14.0. The van der Waals surface area contributed by atoms with Gasteiger partial charge >= 0.3 is 5.97 Å². The SMILES string of the molecule is COc1ccc([C@H]2[C@H](C(=O)O)[C@@H](c3ccc4c(c3)OCO4)C(=O)N2Cc2ccc(OC)c(OC)c2)cc1. The van der Waals surface area contributed by atoms with Gasteiger partial charge in [-0.15, -0.1) is 0 Å². The Hall–Kier alpha value is -4.40. The van der Waals surface area contributed by atoms with Gasteiger partial charge in [0.05, 0.1) is 39.2 Å². The molecule has 5 rings (SSSR count). The number of nitrogens with zero attached hydrogens (tertiary/aromatic N) is 1. The van der Waals surface area contributed by atoms with Gasteiger partial charge in [-0.25, -0.2) is 0 Å². The molecule has 1 saturated heterocycles. The molecule has 1 amide bonds. The number of methoxy groups -OCH3 is 3. The number of rotatable bonds is 8. The molecule has 9 heteroatoms. The van der Waals surface area contributed by atoms with Crippen molar-refractivity contribution in [2.45, 2.75) is 18.5 Å². The molecule has 0 saturated carbocycles. The van der Waals surface area contributed by atoms with Crippen LogP contribution in [0.3, 0.4) is 0 Å². The van der Waals surface area contributed by atoms with Gasteiger partial charge in [0.1, 0.15) is 5.75 Å². The highest BCUT2D eigenvalue weighted by Crippen LogP contribution is 2.49. The van der Waals surface area contributed by atoms with E-state index < -0.39 is 23.8 Å². The van der Waals surface area contributed by atoms with E-state index in [9.17, 15) is 14.7 Å². The highest BCUT2D eigenvalue weighted by Gasteiger charge is 2.53. The zero-order valence-corrected chi connectivity index (χ0v) is 20.7. The number of carbonyl (C=O) groups excluding carboxylic acids is 1. The van der Waals surface area contributed by atoms with Crippen molar-refractivity contribution < 1.29 is 38.4 Å². The predicted octanol–water partition coefficient (Wildman–Crippen LogP) is 4.01. The van der Waals surface area contributed by atoms with Gasteiger partial charge in [-0.3, -0.25) is 9.59 Å². The number of likely N-dealkylation sites (tertiary alicyclic amines) is 1. The van der Waals surface area contributed by atoms with Crippen LogP contribution in [0.1, 0.15) is 28.7 Å². The van der Waals surface area contributed by atoms with Crippen LogP contribution in [0.2, 0.25) is 0 Å². The Bertz CT molecular complexity index is 1320. The second kappa shape index (κ2) is 9.93. The molecule has 3 aromatic carbocycles. The Balaban J connectivity index is 1.59. The van der Waals surface area contributed by atoms with Crippen LogP contribution in [-0.4, -0.2) is 50.0 Å². The average Bonchev–Trinajstić information content (AvgIpc) is 3.50. The normalized spacial score (nSPS) is 20.1. The van der Waals surface area contributed by atoms with E-state index in [1.54, 1.807) is 80.8 Å². The van der Waals surface area contributed by atoms with Crippen molar-refractivity contribution >= 4 is 11.9 Å². The summed E-state index contributed by atoms with van der Waals surface area (Å²) in [7, 11) is 4.65. The standard InChI is InChI=1S/C28H27NO8/c1-33-19-8-5-17(6-9-19)26-25(28(31)32)24(18-7-11-21-23(13-18)37-15-36-21)27(30)29(26)14-16-4-10-20(34-2)22(12-16)35-3/h4-13,24-26H,14-15H2,1-3H3,(H,31,32)/t24-,25-,26+/m1/s1. The van der Waals surface area contributed by atoms with Crippen molar-refractivity contribution in [2.24, 2.45) is 5.92 Å². The molecule has 0 bridgehead atoms. The van der Waals surface area contributed by atoms with Gasteiger partial charge in [0, 0.05) is 6.54 Å². The molecular weight excluding hydrogens is 478 g/mol. The van der Waals surface area contributed by atoms with E-state index in [4.69, 9.17) is 23.7 Å². The van der Waals surface area contributed by atoms with Crippen LogP contribution in [0.25, 0.3) is 0 Å². The number of hydrogen-bond acceptors (Lipinski definition) is 7. The lowest BCUT2D eigenvalue weighted by atomic mass is 9.82. The Labute approximate surface area is 214 Å². The first-order valence-electron chi connectivity index (χ1n) is 11.7. The Kier molecular flexibility index (Phi) is 6.52. The lowest BCUT2D eigenvalue weighted by Gasteiger charge is -2.28. The monoisotopic (exact) mass is 505 g/mol. The van der Waals surface area contributed by atoms with Gasteiger partial charge in [0.2, 0.25) is 12.7 Å². The molecule has 0 unspecified atom stereocenters. The van der Waals surface area contributed by atoms with Crippen molar-refractivity contribution in [2.75, 3.05) is 28.1 Å². The fraction of sp³-hybridized carbons (Fsp3) is 0.286. The molecule has 9 nitrogen and oxygen atoms in total. The van der Waals surface area contributed by atoms with Crippen LogP contribution < -0.4 is 23.7 Å². The number of amides is 1. The first kappa shape index (κ1) is 24.3. The van der Waals surface area contributed by atoms with E-state index in [1.165, 1.54) is 0 Å². The van der Waals surface area contributed by atoms with Gasteiger partial charge < -0.3 is 33.7 Å². The van der Waals surface area contributed by atoms with Gasteiger partial charge in [-0.2, -0.15) is 0 Å². The van der Waals surface area contributed by atoms with Crippen LogP contribution in [0.5, 0.6) is 28.7 Å². The molecule has 0 spiro atoms. The zero-order valence-electron chi connectivity index (χ0n) is 20.7. The minimum absolute atomic E-state index is 0.0830. The summed E-state index contributed by atoms with van der Waals surface area (Å²) in [5.41, 5.74) is 2.04. The fourth-order valence-corrected chi connectivity index (χ4v) is 5.12. The van der Waals surface area contributed by atoms with Gasteiger partial charge in [-0.05, 0) is 53.1 Å². The summed E-state index contributed by atoms with van der Waals surface area (Å²) in [6.45, 7) is 0.264. The average molecular weight is 506 g/mol. The molecule has 1 N–H and O–H groups in total. The number of fused-ring (bicyclic) bond motifs is 1. The maximum Gasteiger partial charge on any atom is 0.310 e. The third kappa shape index (κ3) is 4.37. The highest BCUT2D eigenvalue weighted by molar-refractivity contribution is 5.94. The van der Waals surface area contributed by atoms with E-state index in [2.05, 4.69) is 0 Å². The second-order valence-corrected chi connectivity index (χ2v) is 8.83. The molecule has 0 aromatic heterocycles. The Morgan fingerprint density at radius 1 is 0.892 bits per heavy atom. The molecule has 37 heavy (non-hydrogen) atoms. The molecule has 192 valence electrons. The van der Waals surface area contributed by atoms with E-state index in [-0.39, 0.29) is 19.2 Å². The van der Waals surface area contributed by atoms with E-state index in [0.717, 1.165) is 5.56 Å². The largest absolute Gasteiger partial charge is 0.497 e. The van der Waals surface area contributed by atoms with Gasteiger partial charge in [0.25, 0.3) is 0 Å². The molecule has 0 aliphatic carbocycles. The number of hydrogen-bond donors (Lipinski definition) is 1. The second-order valence-electron chi connectivity index (χ2n) is 8.83. The molecule has 1 fully saturated rings. The van der Waals surface area contributed by atoms with Crippen LogP contribution in [0.15, 0.2) is 60.7 Å². The summed E-state index contributed by atoms with van der Waals surface area (Å²) >= 11 is 0. The van der Waals surface area contributed by atoms with Crippen LogP contribution in [0, 0.1) is 5.92 Å². The summed E-state index contributed by atoms with van der Waals surface area (Å²) in [4.78, 5) is 28.4. The number of ether oxygens (including phenoxy) is 5. The third-order valence-corrected chi connectivity index (χ3v) is 6.88. The maximum atomic E-state index is 14.0. The van der Waals surface area contributed by atoms with Crippen molar-refractivity contribution in [1.82, 2.24) is 4.90 Å². The number of carboxylic acid groups (broad SMARTS) is 1. The molecule has 3 aromatic rings. The first-order valence-corrected chi connectivity index (χ1v) is 11.7. The third-order valence-electron chi connectivity index (χ3n) is 6.88. The smallest absolute Gasteiger partial charge is 0.310 e. The number of carbonyl (C=O) groups is 2. The summed E-state index contributed by atoms with van der Waals surface area (Å²) in [5.74, 6) is -0.529. The number of benzene rings is 3.